The van der Waals surface area contributed by atoms with Gasteiger partial charge in [0.2, 0.25) is 5.91 Å². The third-order valence-corrected chi connectivity index (χ3v) is 6.37. The zero-order valence-corrected chi connectivity index (χ0v) is 18.2. The van der Waals surface area contributed by atoms with E-state index in [9.17, 15) is 4.79 Å². The van der Waals surface area contributed by atoms with Crippen LogP contribution >= 0.6 is 0 Å². The molecular weight excluding hydrogens is 340 g/mol. The molecule has 6 nitrogen and oxygen atoms in total. The molecule has 0 radical (unpaired) electrons. The summed E-state index contributed by atoms with van der Waals surface area (Å²) < 4.78 is 5.91. The van der Waals surface area contributed by atoms with Crippen molar-refractivity contribution in [2.24, 2.45) is 22.2 Å². The molecule has 2 fully saturated rings. The van der Waals surface area contributed by atoms with Crippen molar-refractivity contribution in [3.63, 3.8) is 0 Å². The molecule has 2 rings (SSSR count). The average Bonchev–Trinajstić information content (AvgIpc) is 3.09. The summed E-state index contributed by atoms with van der Waals surface area (Å²) in [6.07, 6.45) is 6.32. The summed E-state index contributed by atoms with van der Waals surface area (Å²) in [4.78, 5) is 18.2. The maximum atomic E-state index is 12.0. The van der Waals surface area contributed by atoms with Crippen LogP contribution < -0.4 is 10.6 Å². The van der Waals surface area contributed by atoms with Crippen molar-refractivity contribution in [1.82, 2.24) is 15.5 Å². The summed E-state index contributed by atoms with van der Waals surface area (Å²) in [5, 5.41) is 7.15. The van der Waals surface area contributed by atoms with Gasteiger partial charge in [0.1, 0.15) is 6.54 Å². The number of aliphatic imine (C=N–C) groups is 1. The number of guanidine groups is 1. The van der Waals surface area contributed by atoms with E-state index in [0.717, 1.165) is 32.0 Å². The first kappa shape index (κ1) is 22.0. The van der Waals surface area contributed by atoms with E-state index in [0.29, 0.717) is 24.0 Å². The van der Waals surface area contributed by atoms with Crippen molar-refractivity contribution >= 4 is 11.9 Å². The smallest absolute Gasteiger partial charge is 0.243 e. The minimum atomic E-state index is 0.0177. The summed E-state index contributed by atoms with van der Waals surface area (Å²) in [6, 6.07) is 0.335. The Kier molecular flexibility index (Phi) is 7.95. The molecule has 1 aliphatic heterocycles. The van der Waals surface area contributed by atoms with Crippen molar-refractivity contribution < 1.29 is 9.53 Å². The maximum absolute atomic E-state index is 12.0. The molecule has 0 bridgehead atoms. The SMILES string of the molecule is CCCCC(CC)CNC(=NCC(=O)N(C)C)NC1C2CCOC2C1(C)C. The molecule has 6 heteroatoms. The number of nitrogens with zero attached hydrogens (tertiary/aromatic N) is 2. The first-order valence-corrected chi connectivity index (χ1v) is 10.7. The summed E-state index contributed by atoms with van der Waals surface area (Å²) in [6.45, 7) is 10.9. The fourth-order valence-electron chi connectivity index (χ4n) is 4.39. The van der Waals surface area contributed by atoms with E-state index >= 15 is 0 Å². The Bertz CT molecular complexity index is 518. The Morgan fingerprint density at radius 1 is 1.33 bits per heavy atom. The zero-order chi connectivity index (χ0) is 20.0. The Labute approximate surface area is 165 Å². The third kappa shape index (κ3) is 5.37. The van der Waals surface area contributed by atoms with E-state index in [2.05, 4.69) is 43.3 Å². The zero-order valence-electron chi connectivity index (χ0n) is 18.2. The number of rotatable bonds is 9. The van der Waals surface area contributed by atoms with Crippen LogP contribution in [0.15, 0.2) is 4.99 Å². The molecular formula is C21H40N4O2. The van der Waals surface area contributed by atoms with Crippen LogP contribution in [0.1, 0.15) is 59.8 Å². The van der Waals surface area contributed by atoms with Crippen LogP contribution in [-0.4, -0.2) is 62.7 Å². The summed E-state index contributed by atoms with van der Waals surface area (Å²) in [5.74, 6) is 1.96. The van der Waals surface area contributed by atoms with E-state index in [1.54, 1.807) is 19.0 Å². The number of likely N-dealkylation sites (N-methyl/N-ethyl adjacent to an activating group) is 1. The monoisotopic (exact) mass is 380 g/mol. The molecule has 27 heavy (non-hydrogen) atoms. The molecule has 0 aromatic heterocycles. The minimum absolute atomic E-state index is 0.0177. The first-order chi connectivity index (χ1) is 12.8. The van der Waals surface area contributed by atoms with E-state index in [-0.39, 0.29) is 17.9 Å². The Morgan fingerprint density at radius 2 is 2.07 bits per heavy atom. The topological polar surface area (TPSA) is 66.0 Å². The summed E-state index contributed by atoms with van der Waals surface area (Å²) in [5.41, 5.74) is 0.0849. The highest BCUT2D eigenvalue weighted by molar-refractivity contribution is 5.85. The molecule has 0 aromatic rings. The maximum Gasteiger partial charge on any atom is 0.243 e. The van der Waals surface area contributed by atoms with Gasteiger partial charge in [-0.2, -0.15) is 0 Å². The van der Waals surface area contributed by atoms with Crippen LogP contribution in [0.25, 0.3) is 0 Å². The van der Waals surface area contributed by atoms with Gasteiger partial charge in [-0.25, -0.2) is 4.99 Å². The van der Waals surface area contributed by atoms with Gasteiger partial charge in [0.25, 0.3) is 0 Å². The van der Waals surface area contributed by atoms with Crippen LogP contribution in [0.3, 0.4) is 0 Å². The molecule has 1 amide bonds. The second-order valence-electron chi connectivity index (χ2n) is 8.94. The van der Waals surface area contributed by atoms with Gasteiger partial charge in [-0.05, 0) is 18.8 Å². The van der Waals surface area contributed by atoms with Gasteiger partial charge in [0, 0.05) is 44.6 Å². The number of hydrogen-bond donors (Lipinski definition) is 2. The van der Waals surface area contributed by atoms with Crippen LogP contribution in [0.2, 0.25) is 0 Å². The highest BCUT2D eigenvalue weighted by Crippen LogP contribution is 2.52. The number of hydrogen-bond acceptors (Lipinski definition) is 3. The largest absolute Gasteiger partial charge is 0.377 e. The first-order valence-electron chi connectivity index (χ1n) is 10.7. The molecule has 156 valence electrons. The lowest BCUT2D eigenvalue weighted by molar-refractivity contribution is -0.127. The second kappa shape index (κ2) is 9.76. The Balaban J connectivity index is 2.01. The second-order valence-corrected chi connectivity index (χ2v) is 8.94. The number of fused-ring (bicyclic) bond motifs is 1. The minimum Gasteiger partial charge on any atom is -0.377 e. The molecule has 0 spiro atoms. The molecule has 1 heterocycles. The van der Waals surface area contributed by atoms with Gasteiger partial charge >= 0.3 is 0 Å². The number of unbranched alkanes of at least 4 members (excludes halogenated alkanes) is 1. The van der Waals surface area contributed by atoms with Crippen molar-refractivity contribution in [2.75, 3.05) is 33.8 Å². The quantitative estimate of drug-likeness (QED) is 0.477. The summed E-state index contributed by atoms with van der Waals surface area (Å²) in [7, 11) is 3.54. The highest BCUT2D eigenvalue weighted by Gasteiger charge is 2.59. The van der Waals surface area contributed by atoms with Crippen molar-refractivity contribution in [2.45, 2.75) is 71.9 Å². The molecule has 2 aliphatic rings. The van der Waals surface area contributed by atoms with Crippen molar-refractivity contribution in [1.29, 1.82) is 0 Å². The van der Waals surface area contributed by atoms with Gasteiger partial charge in [0.15, 0.2) is 5.96 Å². The fourth-order valence-corrected chi connectivity index (χ4v) is 4.39. The Morgan fingerprint density at radius 3 is 2.70 bits per heavy atom. The molecule has 0 aromatic carbocycles. The van der Waals surface area contributed by atoms with Crippen molar-refractivity contribution in [3.8, 4) is 0 Å². The predicted octanol–water partition coefficient (Wildman–Crippen LogP) is 2.64. The lowest BCUT2D eigenvalue weighted by atomic mass is 9.57. The number of amides is 1. The van der Waals surface area contributed by atoms with Gasteiger partial charge in [-0.1, -0.05) is 47.0 Å². The lowest BCUT2D eigenvalue weighted by Gasteiger charge is -2.55. The molecule has 1 saturated heterocycles. The highest BCUT2D eigenvalue weighted by atomic mass is 16.5. The normalized spacial score (nSPS) is 27.5. The summed E-state index contributed by atoms with van der Waals surface area (Å²) >= 11 is 0. The molecule has 1 saturated carbocycles. The van der Waals surface area contributed by atoms with Gasteiger partial charge in [-0.15, -0.1) is 0 Å². The van der Waals surface area contributed by atoms with Gasteiger partial charge in [-0.3, -0.25) is 4.79 Å². The Hall–Kier alpha value is -1.30. The average molecular weight is 381 g/mol. The fraction of sp³-hybridized carbons (Fsp3) is 0.905. The molecule has 2 N–H and O–H groups in total. The molecule has 1 aliphatic carbocycles. The number of ether oxygens (including phenoxy) is 1. The molecule has 4 atom stereocenters. The lowest BCUT2D eigenvalue weighted by Crippen LogP contribution is -2.68. The van der Waals surface area contributed by atoms with Gasteiger partial charge < -0.3 is 20.3 Å². The van der Waals surface area contributed by atoms with E-state index < -0.39 is 0 Å². The van der Waals surface area contributed by atoms with Crippen molar-refractivity contribution in [3.05, 3.63) is 0 Å². The number of carbonyl (C=O) groups excluding carboxylic acids is 1. The van der Waals surface area contributed by atoms with Crippen LogP contribution in [0, 0.1) is 17.3 Å². The van der Waals surface area contributed by atoms with Crippen LogP contribution in [0.4, 0.5) is 0 Å². The van der Waals surface area contributed by atoms with Gasteiger partial charge in [0.05, 0.1) is 6.10 Å². The standard InChI is InChI=1S/C21H40N4O2/c1-7-9-10-15(8-2)13-22-20(23-14-17(26)25(5)6)24-18-16-11-12-27-19(16)21(18,3)4/h15-16,18-19H,7-14H2,1-6H3,(H2,22,23,24). The van der Waals surface area contributed by atoms with Crippen LogP contribution in [-0.2, 0) is 9.53 Å². The predicted molar refractivity (Wildman–Crippen MR) is 111 cm³/mol. The molecule has 4 unspecified atom stereocenters. The third-order valence-electron chi connectivity index (χ3n) is 6.37. The van der Waals surface area contributed by atoms with E-state index in [1.807, 2.05) is 0 Å². The number of carbonyl (C=O) groups is 1. The van der Waals surface area contributed by atoms with Crippen LogP contribution in [0.5, 0.6) is 0 Å². The van der Waals surface area contributed by atoms with E-state index in [1.165, 1.54) is 19.3 Å². The number of nitrogens with one attached hydrogen (secondary N) is 2. The van der Waals surface area contributed by atoms with E-state index in [4.69, 9.17) is 4.74 Å².